The Labute approximate surface area is 156 Å². The zero-order valence-corrected chi connectivity index (χ0v) is 15.5. The molecule has 0 unspecified atom stereocenters. The van der Waals surface area contributed by atoms with Crippen LogP contribution in [0.3, 0.4) is 0 Å². The number of aryl methyl sites for hydroxylation is 1. The standard InChI is InChI=1S/C18H19FN2O5S/c1-3-12-4-6-13(7-5-12)21-17(22)11(2)26-18(23)15-10-14(27(20,24)25)8-9-16(15)19/h4-11H,3H2,1-2H3,(H,21,22)(H2,20,24,25)/t11-/m0/s1. The van der Waals surface area contributed by atoms with Crippen LogP contribution in [0.2, 0.25) is 0 Å². The minimum Gasteiger partial charge on any atom is -0.449 e. The minimum absolute atomic E-state index is 0.441. The van der Waals surface area contributed by atoms with Crippen molar-refractivity contribution in [3.63, 3.8) is 0 Å². The molecule has 27 heavy (non-hydrogen) atoms. The summed E-state index contributed by atoms with van der Waals surface area (Å²) >= 11 is 0. The Kier molecular flexibility index (Phi) is 6.29. The molecule has 0 aliphatic rings. The number of hydrogen-bond donors (Lipinski definition) is 2. The molecule has 0 aromatic heterocycles. The third-order valence-electron chi connectivity index (χ3n) is 3.77. The molecule has 3 N–H and O–H groups in total. The number of anilines is 1. The predicted octanol–water partition coefficient (Wildman–Crippen LogP) is 2.22. The summed E-state index contributed by atoms with van der Waals surface area (Å²) in [5.41, 5.74) is 0.980. The molecule has 1 amide bonds. The lowest BCUT2D eigenvalue weighted by atomic mass is 10.1. The van der Waals surface area contributed by atoms with E-state index in [1.165, 1.54) is 6.92 Å². The number of ether oxygens (including phenoxy) is 1. The molecule has 0 heterocycles. The lowest BCUT2D eigenvalue weighted by molar-refractivity contribution is -0.123. The van der Waals surface area contributed by atoms with Gasteiger partial charge in [0.25, 0.3) is 5.91 Å². The second kappa shape index (κ2) is 8.28. The van der Waals surface area contributed by atoms with Gasteiger partial charge in [0, 0.05) is 5.69 Å². The molecule has 0 fully saturated rings. The van der Waals surface area contributed by atoms with E-state index in [1.54, 1.807) is 12.1 Å². The van der Waals surface area contributed by atoms with Crippen molar-refractivity contribution in [3.05, 3.63) is 59.4 Å². The second-order valence-corrected chi connectivity index (χ2v) is 7.34. The van der Waals surface area contributed by atoms with Gasteiger partial charge in [0.05, 0.1) is 10.5 Å². The van der Waals surface area contributed by atoms with Gasteiger partial charge in [-0.3, -0.25) is 4.79 Å². The monoisotopic (exact) mass is 394 g/mol. The Hall–Kier alpha value is -2.78. The average Bonchev–Trinajstić information content (AvgIpc) is 2.61. The number of sulfonamides is 1. The second-order valence-electron chi connectivity index (χ2n) is 5.77. The van der Waals surface area contributed by atoms with Gasteiger partial charge >= 0.3 is 5.97 Å². The highest BCUT2D eigenvalue weighted by Crippen LogP contribution is 2.16. The molecule has 144 valence electrons. The summed E-state index contributed by atoms with van der Waals surface area (Å²) in [5.74, 6) is -2.78. The number of primary sulfonamides is 1. The number of hydrogen-bond acceptors (Lipinski definition) is 5. The Morgan fingerprint density at radius 2 is 1.81 bits per heavy atom. The Morgan fingerprint density at radius 1 is 1.19 bits per heavy atom. The summed E-state index contributed by atoms with van der Waals surface area (Å²) in [6, 6.07) is 9.59. The molecule has 9 heteroatoms. The highest BCUT2D eigenvalue weighted by Gasteiger charge is 2.23. The van der Waals surface area contributed by atoms with Crippen LogP contribution in [0.1, 0.15) is 29.8 Å². The first-order valence-electron chi connectivity index (χ1n) is 8.05. The molecule has 1 atom stereocenters. The van der Waals surface area contributed by atoms with Crippen LogP contribution in [0.15, 0.2) is 47.4 Å². The van der Waals surface area contributed by atoms with E-state index < -0.39 is 44.3 Å². The highest BCUT2D eigenvalue weighted by atomic mass is 32.2. The van der Waals surface area contributed by atoms with E-state index in [-0.39, 0.29) is 0 Å². The quantitative estimate of drug-likeness (QED) is 0.729. The van der Waals surface area contributed by atoms with Gasteiger partial charge < -0.3 is 10.1 Å². The van der Waals surface area contributed by atoms with Crippen LogP contribution >= 0.6 is 0 Å². The number of rotatable bonds is 6. The van der Waals surface area contributed by atoms with Crippen molar-refractivity contribution in [2.45, 2.75) is 31.3 Å². The number of carbonyl (C=O) groups excluding carboxylic acids is 2. The van der Waals surface area contributed by atoms with Crippen molar-refractivity contribution < 1.29 is 27.1 Å². The van der Waals surface area contributed by atoms with E-state index in [0.717, 1.165) is 30.2 Å². The van der Waals surface area contributed by atoms with Crippen LogP contribution in [0.5, 0.6) is 0 Å². The van der Waals surface area contributed by atoms with Gasteiger partial charge in [-0.05, 0) is 49.2 Å². The molecule has 2 aromatic rings. The van der Waals surface area contributed by atoms with Crippen molar-refractivity contribution >= 4 is 27.6 Å². The summed E-state index contributed by atoms with van der Waals surface area (Å²) in [7, 11) is -4.12. The van der Waals surface area contributed by atoms with Crippen LogP contribution in [-0.2, 0) is 26.0 Å². The number of esters is 1. The third kappa shape index (κ3) is 5.35. The predicted molar refractivity (Wildman–Crippen MR) is 97.1 cm³/mol. The molecule has 0 spiro atoms. The molecule has 0 aliphatic carbocycles. The number of halogens is 1. The Balaban J connectivity index is 2.09. The first-order valence-corrected chi connectivity index (χ1v) is 9.59. The largest absolute Gasteiger partial charge is 0.449 e. The van der Waals surface area contributed by atoms with Crippen LogP contribution in [0.25, 0.3) is 0 Å². The SMILES string of the molecule is CCc1ccc(NC(=O)[C@H](C)OC(=O)c2cc(S(N)(=O)=O)ccc2F)cc1. The molecule has 0 saturated carbocycles. The van der Waals surface area contributed by atoms with Crippen molar-refractivity contribution in [2.75, 3.05) is 5.32 Å². The normalized spacial score (nSPS) is 12.3. The number of benzene rings is 2. The van der Waals surface area contributed by atoms with Crippen LogP contribution in [0.4, 0.5) is 10.1 Å². The summed E-state index contributed by atoms with van der Waals surface area (Å²) in [6.45, 7) is 3.31. The van der Waals surface area contributed by atoms with Crippen LogP contribution < -0.4 is 10.5 Å². The third-order valence-corrected chi connectivity index (χ3v) is 4.68. The van der Waals surface area contributed by atoms with E-state index in [9.17, 15) is 22.4 Å². The fraction of sp³-hybridized carbons (Fsp3) is 0.222. The van der Waals surface area contributed by atoms with Crippen molar-refractivity contribution in [1.82, 2.24) is 0 Å². The maximum atomic E-state index is 13.8. The average molecular weight is 394 g/mol. The first kappa shape index (κ1) is 20.5. The van der Waals surface area contributed by atoms with Gasteiger partial charge in [-0.25, -0.2) is 22.7 Å². The summed E-state index contributed by atoms with van der Waals surface area (Å²) in [4.78, 5) is 23.8. The number of amides is 1. The van der Waals surface area contributed by atoms with Crippen molar-refractivity contribution in [3.8, 4) is 0 Å². The van der Waals surface area contributed by atoms with E-state index in [4.69, 9.17) is 9.88 Å². The molecule has 0 bridgehead atoms. The minimum atomic E-state index is -4.12. The number of nitrogens with one attached hydrogen (secondary N) is 1. The van der Waals surface area contributed by atoms with E-state index in [2.05, 4.69) is 5.32 Å². The molecule has 0 radical (unpaired) electrons. The summed E-state index contributed by atoms with van der Waals surface area (Å²) < 4.78 is 41.5. The first-order chi connectivity index (χ1) is 12.6. The van der Waals surface area contributed by atoms with E-state index >= 15 is 0 Å². The number of carbonyl (C=O) groups is 2. The summed E-state index contributed by atoms with van der Waals surface area (Å²) in [6.07, 6.45) is -0.383. The van der Waals surface area contributed by atoms with E-state index in [1.807, 2.05) is 19.1 Å². The zero-order valence-electron chi connectivity index (χ0n) is 14.7. The molecular formula is C18H19FN2O5S. The smallest absolute Gasteiger partial charge is 0.341 e. The lowest BCUT2D eigenvalue weighted by Gasteiger charge is -2.14. The van der Waals surface area contributed by atoms with Gasteiger partial charge in [-0.2, -0.15) is 0 Å². The van der Waals surface area contributed by atoms with Crippen molar-refractivity contribution in [1.29, 1.82) is 0 Å². The van der Waals surface area contributed by atoms with Gasteiger partial charge in [-0.15, -0.1) is 0 Å². The van der Waals surface area contributed by atoms with Gasteiger partial charge in [0.1, 0.15) is 5.82 Å². The van der Waals surface area contributed by atoms with Gasteiger partial charge in [0.15, 0.2) is 6.10 Å². The van der Waals surface area contributed by atoms with Gasteiger partial charge in [-0.1, -0.05) is 19.1 Å². The summed E-state index contributed by atoms with van der Waals surface area (Å²) in [5, 5.41) is 7.54. The topological polar surface area (TPSA) is 116 Å². The van der Waals surface area contributed by atoms with Crippen LogP contribution in [-0.4, -0.2) is 26.4 Å². The van der Waals surface area contributed by atoms with E-state index in [0.29, 0.717) is 5.69 Å². The fourth-order valence-corrected chi connectivity index (χ4v) is 2.72. The molecule has 0 saturated heterocycles. The molecular weight excluding hydrogens is 375 g/mol. The number of nitrogens with two attached hydrogens (primary N) is 1. The maximum Gasteiger partial charge on any atom is 0.341 e. The Morgan fingerprint density at radius 3 is 2.37 bits per heavy atom. The van der Waals surface area contributed by atoms with Crippen molar-refractivity contribution in [2.24, 2.45) is 5.14 Å². The lowest BCUT2D eigenvalue weighted by Crippen LogP contribution is -2.30. The molecule has 2 rings (SSSR count). The van der Waals surface area contributed by atoms with Gasteiger partial charge in [0.2, 0.25) is 10.0 Å². The fourth-order valence-electron chi connectivity index (χ4n) is 2.18. The maximum absolute atomic E-state index is 13.8. The molecule has 7 nitrogen and oxygen atoms in total. The van der Waals surface area contributed by atoms with Crippen LogP contribution in [0, 0.1) is 5.82 Å². The Bertz CT molecular complexity index is 958. The zero-order chi connectivity index (χ0) is 20.2. The molecule has 2 aromatic carbocycles. The highest BCUT2D eigenvalue weighted by molar-refractivity contribution is 7.89. The molecule has 0 aliphatic heterocycles.